The van der Waals surface area contributed by atoms with Gasteiger partial charge in [-0.2, -0.15) is 0 Å². The zero-order valence-corrected chi connectivity index (χ0v) is 12.3. The van der Waals surface area contributed by atoms with Gasteiger partial charge in [-0.15, -0.1) is 0 Å². The summed E-state index contributed by atoms with van der Waals surface area (Å²) in [5.41, 5.74) is 6.02. The number of amides is 1. The molecule has 1 aromatic carbocycles. The normalized spacial score (nSPS) is 18.6. The summed E-state index contributed by atoms with van der Waals surface area (Å²) < 4.78 is 4.79. The van der Waals surface area contributed by atoms with Crippen LogP contribution in [-0.4, -0.2) is 24.5 Å². The Morgan fingerprint density at radius 2 is 1.81 bits per heavy atom. The van der Waals surface area contributed by atoms with Crippen LogP contribution < -0.4 is 11.1 Å². The Kier molecular flexibility index (Phi) is 4.96. The van der Waals surface area contributed by atoms with Crippen molar-refractivity contribution in [3.8, 4) is 0 Å². The number of ether oxygens (including phenoxy) is 1. The van der Waals surface area contributed by atoms with Crippen LogP contribution >= 0.6 is 0 Å². The van der Waals surface area contributed by atoms with Gasteiger partial charge in [0.05, 0.1) is 12.6 Å². The summed E-state index contributed by atoms with van der Waals surface area (Å²) in [7, 11) is 1.31. The highest BCUT2D eigenvalue weighted by atomic mass is 16.5. The van der Waals surface area contributed by atoms with E-state index in [0.29, 0.717) is 18.4 Å². The van der Waals surface area contributed by atoms with Crippen LogP contribution in [-0.2, 0) is 14.3 Å². The summed E-state index contributed by atoms with van der Waals surface area (Å²) in [6.07, 6.45) is 4.30. The van der Waals surface area contributed by atoms with E-state index in [1.54, 1.807) is 12.1 Å². The Bertz CT molecular complexity index is 496. The molecule has 21 heavy (non-hydrogen) atoms. The zero-order chi connectivity index (χ0) is 15.3. The first-order valence-corrected chi connectivity index (χ1v) is 7.29. The smallest absolute Gasteiger partial charge is 0.333 e. The summed E-state index contributed by atoms with van der Waals surface area (Å²) in [6, 6.07) is 8.24. The van der Waals surface area contributed by atoms with Crippen molar-refractivity contribution in [1.29, 1.82) is 0 Å². The lowest BCUT2D eigenvalue weighted by Crippen LogP contribution is -2.56. The Morgan fingerprint density at radius 1 is 1.19 bits per heavy atom. The number of esters is 1. The number of carbonyl (C=O) groups is 2. The van der Waals surface area contributed by atoms with Crippen molar-refractivity contribution in [2.45, 2.75) is 43.7 Å². The van der Waals surface area contributed by atoms with Crippen LogP contribution in [0.5, 0.6) is 0 Å². The molecule has 1 aliphatic rings. The molecule has 1 unspecified atom stereocenters. The van der Waals surface area contributed by atoms with E-state index in [1.165, 1.54) is 7.11 Å². The number of carbonyl (C=O) groups excluding carboxylic acids is 2. The minimum Gasteiger partial charge on any atom is -0.467 e. The van der Waals surface area contributed by atoms with Crippen molar-refractivity contribution in [1.82, 2.24) is 5.32 Å². The van der Waals surface area contributed by atoms with Crippen molar-refractivity contribution in [2.24, 2.45) is 5.73 Å². The van der Waals surface area contributed by atoms with E-state index in [9.17, 15) is 9.59 Å². The van der Waals surface area contributed by atoms with Crippen LogP contribution in [0.4, 0.5) is 0 Å². The summed E-state index contributed by atoms with van der Waals surface area (Å²) in [5, 5.41) is 2.76. The monoisotopic (exact) mass is 290 g/mol. The molecule has 0 spiro atoms. The fourth-order valence-corrected chi connectivity index (χ4v) is 2.73. The number of rotatable bonds is 4. The lowest BCUT2D eigenvalue weighted by atomic mass is 9.81. The molecular formula is C16H22N2O3. The highest BCUT2D eigenvalue weighted by molar-refractivity contribution is 5.91. The highest BCUT2D eigenvalue weighted by Gasteiger charge is 2.37. The molecule has 0 radical (unpaired) electrons. The number of hydrogen-bond acceptors (Lipinski definition) is 4. The molecule has 114 valence electrons. The molecule has 1 fully saturated rings. The van der Waals surface area contributed by atoms with Gasteiger partial charge in [-0.05, 0) is 18.4 Å². The van der Waals surface area contributed by atoms with E-state index >= 15 is 0 Å². The standard InChI is InChI=1S/C16H22N2O3/c1-21-14(19)13(12-8-4-2-5-9-12)18-15(20)16(17)10-6-3-7-11-16/h2,4-5,8-9,13H,3,6-7,10-11,17H2,1H3,(H,18,20). The molecule has 2 rings (SSSR count). The topological polar surface area (TPSA) is 81.4 Å². The van der Waals surface area contributed by atoms with Gasteiger partial charge in [-0.1, -0.05) is 49.6 Å². The first kappa shape index (κ1) is 15.5. The molecule has 1 aromatic rings. The average molecular weight is 290 g/mol. The molecule has 1 saturated carbocycles. The maximum absolute atomic E-state index is 12.5. The quantitative estimate of drug-likeness (QED) is 0.827. The van der Waals surface area contributed by atoms with Crippen molar-refractivity contribution in [2.75, 3.05) is 7.11 Å². The molecule has 1 amide bonds. The van der Waals surface area contributed by atoms with Crippen molar-refractivity contribution < 1.29 is 14.3 Å². The molecule has 1 atom stereocenters. The van der Waals surface area contributed by atoms with Gasteiger partial charge in [0, 0.05) is 0 Å². The molecule has 5 heteroatoms. The second-order valence-corrected chi connectivity index (χ2v) is 5.56. The van der Waals surface area contributed by atoms with E-state index in [4.69, 9.17) is 10.5 Å². The lowest BCUT2D eigenvalue weighted by Gasteiger charge is -2.33. The number of methoxy groups -OCH3 is 1. The second kappa shape index (κ2) is 6.72. The van der Waals surface area contributed by atoms with Crippen molar-refractivity contribution >= 4 is 11.9 Å². The second-order valence-electron chi connectivity index (χ2n) is 5.56. The van der Waals surface area contributed by atoms with E-state index in [0.717, 1.165) is 19.3 Å². The number of nitrogens with one attached hydrogen (secondary N) is 1. The van der Waals surface area contributed by atoms with E-state index in [1.807, 2.05) is 18.2 Å². The molecule has 0 aliphatic heterocycles. The molecular weight excluding hydrogens is 268 g/mol. The fourth-order valence-electron chi connectivity index (χ4n) is 2.73. The Labute approximate surface area is 124 Å². The Morgan fingerprint density at radius 3 is 2.38 bits per heavy atom. The van der Waals surface area contributed by atoms with Crippen LogP contribution in [0.3, 0.4) is 0 Å². The summed E-state index contributed by atoms with van der Waals surface area (Å²) in [5.74, 6) is -0.768. The highest BCUT2D eigenvalue weighted by Crippen LogP contribution is 2.27. The SMILES string of the molecule is COC(=O)C(NC(=O)C1(N)CCCCC1)c1ccccc1. The predicted octanol–water partition coefficient (Wildman–Crippen LogP) is 1.68. The van der Waals surface area contributed by atoms with Gasteiger partial charge in [-0.3, -0.25) is 4.79 Å². The summed E-state index contributed by atoms with van der Waals surface area (Å²) >= 11 is 0. The Hall–Kier alpha value is -1.88. The minimum absolute atomic E-state index is 0.276. The van der Waals surface area contributed by atoms with Gasteiger partial charge in [0.25, 0.3) is 0 Å². The van der Waals surface area contributed by atoms with Gasteiger partial charge >= 0.3 is 5.97 Å². The van der Waals surface area contributed by atoms with E-state index < -0.39 is 17.6 Å². The number of benzene rings is 1. The van der Waals surface area contributed by atoms with Crippen LogP contribution in [0.15, 0.2) is 30.3 Å². The van der Waals surface area contributed by atoms with Crippen molar-refractivity contribution in [3.05, 3.63) is 35.9 Å². The first-order chi connectivity index (χ1) is 10.1. The number of nitrogens with two attached hydrogens (primary N) is 1. The van der Waals surface area contributed by atoms with Crippen LogP contribution in [0.2, 0.25) is 0 Å². The third-order valence-electron chi connectivity index (χ3n) is 4.04. The molecule has 0 bridgehead atoms. The first-order valence-electron chi connectivity index (χ1n) is 7.29. The molecule has 5 nitrogen and oxygen atoms in total. The van der Waals surface area contributed by atoms with Gasteiger partial charge in [-0.25, -0.2) is 4.79 Å². The third-order valence-corrected chi connectivity index (χ3v) is 4.04. The van der Waals surface area contributed by atoms with Crippen molar-refractivity contribution in [3.63, 3.8) is 0 Å². The van der Waals surface area contributed by atoms with Gasteiger partial charge in [0.1, 0.15) is 0 Å². The summed E-state index contributed by atoms with van der Waals surface area (Å²) in [6.45, 7) is 0. The molecule has 0 aromatic heterocycles. The minimum atomic E-state index is -0.876. The fraction of sp³-hybridized carbons (Fsp3) is 0.500. The van der Waals surface area contributed by atoms with Gasteiger partial charge in [0.2, 0.25) is 5.91 Å². The average Bonchev–Trinajstić information content (AvgIpc) is 2.53. The predicted molar refractivity (Wildman–Crippen MR) is 79.3 cm³/mol. The molecule has 0 heterocycles. The molecule has 0 saturated heterocycles. The molecule has 3 N–H and O–H groups in total. The van der Waals surface area contributed by atoms with Gasteiger partial charge in [0.15, 0.2) is 6.04 Å². The van der Waals surface area contributed by atoms with Gasteiger partial charge < -0.3 is 15.8 Å². The van der Waals surface area contributed by atoms with Crippen LogP contribution in [0.1, 0.15) is 43.7 Å². The summed E-state index contributed by atoms with van der Waals surface area (Å²) in [4.78, 5) is 24.4. The van der Waals surface area contributed by atoms with E-state index in [2.05, 4.69) is 5.32 Å². The maximum atomic E-state index is 12.5. The van der Waals surface area contributed by atoms with Crippen LogP contribution in [0, 0.1) is 0 Å². The number of hydrogen-bond donors (Lipinski definition) is 2. The largest absolute Gasteiger partial charge is 0.467 e. The lowest BCUT2D eigenvalue weighted by molar-refractivity contribution is -0.146. The molecule has 1 aliphatic carbocycles. The maximum Gasteiger partial charge on any atom is 0.333 e. The van der Waals surface area contributed by atoms with Crippen LogP contribution in [0.25, 0.3) is 0 Å². The Balaban J connectivity index is 2.15. The van der Waals surface area contributed by atoms with E-state index in [-0.39, 0.29) is 5.91 Å². The third kappa shape index (κ3) is 3.61. The zero-order valence-electron chi connectivity index (χ0n) is 12.3.